The molecule has 0 unspecified atom stereocenters. The van der Waals surface area contributed by atoms with E-state index in [9.17, 15) is 13.2 Å². The minimum atomic E-state index is -4.22. The van der Waals surface area contributed by atoms with Crippen LogP contribution in [0.4, 0.5) is 13.2 Å². The average Bonchev–Trinajstić information content (AvgIpc) is 2.12. The zero-order valence-electron chi connectivity index (χ0n) is 9.81. The van der Waals surface area contributed by atoms with E-state index in [4.69, 9.17) is 11.6 Å². The maximum Gasteiger partial charge on any atom is 0.411 e. The summed E-state index contributed by atoms with van der Waals surface area (Å²) in [7, 11) is 0. The highest BCUT2D eigenvalue weighted by Crippen LogP contribution is 2.24. The van der Waals surface area contributed by atoms with Crippen LogP contribution in [0.1, 0.15) is 25.7 Å². The smallest absolute Gasteiger partial charge is 0.372 e. The van der Waals surface area contributed by atoms with E-state index in [2.05, 4.69) is 9.64 Å². The molecule has 0 radical (unpaired) electrons. The van der Waals surface area contributed by atoms with E-state index in [1.165, 1.54) is 19.3 Å². The Labute approximate surface area is 105 Å². The monoisotopic (exact) mass is 273 g/mol. The third-order valence-corrected chi connectivity index (χ3v) is 3.13. The lowest BCUT2D eigenvalue weighted by atomic mass is 9.91. The molecular formula is C11H19ClF3NO. The molecular weight excluding hydrogens is 255 g/mol. The van der Waals surface area contributed by atoms with Crippen molar-refractivity contribution in [1.82, 2.24) is 4.90 Å². The Morgan fingerprint density at radius 3 is 2.41 bits per heavy atom. The predicted octanol–water partition coefficient (Wildman–Crippen LogP) is 3.05. The normalized spacial score (nSPS) is 17.5. The first-order valence-electron chi connectivity index (χ1n) is 5.97. The molecule has 1 fully saturated rings. The molecule has 2 nitrogen and oxygen atoms in total. The van der Waals surface area contributed by atoms with Gasteiger partial charge in [0.1, 0.15) is 6.61 Å². The van der Waals surface area contributed by atoms with Gasteiger partial charge < -0.3 is 4.74 Å². The lowest BCUT2D eigenvalue weighted by Crippen LogP contribution is -2.42. The van der Waals surface area contributed by atoms with Crippen molar-refractivity contribution in [2.24, 2.45) is 0 Å². The number of hydrogen-bond acceptors (Lipinski definition) is 2. The van der Waals surface area contributed by atoms with Crippen molar-refractivity contribution in [3.8, 4) is 0 Å². The molecule has 0 N–H and O–H groups in total. The van der Waals surface area contributed by atoms with Crippen LogP contribution < -0.4 is 0 Å². The minimum absolute atomic E-state index is 0.158. The topological polar surface area (TPSA) is 12.5 Å². The Balaban J connectivity index is 2.06. The van der Waals surface area contributed by atoms with Gasteiger partial charge in [0.25, 0.3) is 0 Å². The molecule has 1 rings (SSSR count). The quantitative estimate of drug-likeness (QED) is 0.498. The Morgan fingerprint density at radius 2 is 1.94 bits per heavy atom. The minimum Gasteiger partial charge on any atom is -0.372 e. The Kier molecular flexibility index (Phi) is 6.59. The summed E-state index contributed by atoms with van der Waals surface area (Å²) in [4.78, 5) is 2.26. The molecule has 102 valence electrons. The van der Waals surface area contributed by atoms with Crippen LogP contribution in [0.15, 0.2) is 0 Å². The number of ether oxygens (including phenoxy) is 1. The second-order valence-corrected chi connectivity index (χ2v) is 4.71. The molecule has 0 atom stereocenters. The summed E-state index contributed by atoms with van der Waals surface area (Å²) < 4.78 is 40.0. The van der Waals surface area contributed by atoms with E-state index in [0.29, 0.717) is 18.3 Å². The number of alkyl halides is 4. The van der Waals surface area contributed by atoms with Crippen LogP contribution in [-0.2, 0) is 4.74 Å². The molecule has 0 saturated heterocycles. The van der Waals surface area contributed by atoms with Gasteiger partial charge in [-0.2, -0.15) is 13.2 Å². The van der Waals surface area contributed by atoms with Gasteiger partial charge >= 0.3 is 6.18 Å². The Bertz CT molecular complexity index is 209. The van der Waals surface area contributed by atoms with Gasteiger partial charge in [-0.3, -0.25) is 4.90 Å². The fraction of sp³-hybridized carbons (Fsp3) is 1.00. The highest BCUT2D eigenvalue weighted by Gasteiger charge is 2.27. The first-order chi connectivity index (χ1) is 8.03. The van der Waals surface area contributed by atoms with Crippen LogP contribution in [0.25, 0.3) is 0 Å². The molecule has 6 heteroatoms. The number of nitrogens with zero attached hydrogens (tertiary/aromatic N) is 1. The van der Waals surface area contributed by atoms with Crippen LogP contribution in [0.2, 0.25) is 0 Å². The number of rotatable bonds is 8. The van der Waals surface area contributed by atoms with Crippen molar-refractivity contribution in [2.75, 3.05) is 32.2 Å². The lowest BCUT2D eigenvalue weighted by Gasteiger charge is -2.37. The van der Waals surface area contributed by atoms with Crippen LogP contribution >= 0.6 is 11.6 Å². The highest BCUT2D eigenvalue weighted by atomic mass is 35.5. The molecule has 1 aliphatic rings. The molecule has 0 aromatic carbocycles. The Hall–Kier alpha value is 0. The molecule has 0 aliphatic heterocycles. The van der Waals surface area contributed by atoms with Crippen molar-refractivity contribution >= 4 is 11.6 Å². The van der Waals surface area contributed by atoms with E-state index in [0.717, 1.165) is 13.1 Å². The van der Waals surface area contributed by atoms with Gasteiger partial charge in [0.2, 0.25) is 0 Å². The van der Waals surface area contributed by atoms with E-state index >= 15 is 0 Å². The number of halogens is 4. The second kappa shape index (κ2) is 7.44. The molecule has 0 aromatic heterocycles. The van der Waals surface area contributed by atoms with Crippen LogP contribution in [-0.4, -0.2) is 49.3 Å². The van der Waals surface area contributed by atoms with Gasteiger partial charge in [0, 0.05) is 31.6 Å². The third kappa shape index (κ3) is 6.48. The standard InChI is InChI=1S/C11H19ClF3NO/c12-5-7-16(10-3-1-4-10)6-2-8-17-9-11(13,14)15/h10H,1-9H2. The van der Waals surface area contributed by atoms with Gasteiger partial charge in [0.05, 0.1) is 0 Å². The van der Waals surface area contributed by atoms with Gasteiger partial charge in [-0.1, -0.05) is 6.42 Å². The van der Waals surface area contributed by atoms with Gasteiger partial charge in [0.15, 0.2) is 0 Å². The molecule has 0 amide bonds. The summed E-state index contributed by atoms with van der Waals surface area (Å²) in [5.74, 6) is 0.569. The predicted molar refractivity (Wildman–Crippen MR) is 61.4 cm³/mol. The molecule has 0 aromatic rings. The van der Waals surface area contributed by atoms with Crippen LogP contribution in [0.3, 0.4) is 0 Å². The summed E-state index contributed by atoms with van der Waals surface area (Å²) >= 11 is 5.70. The van der Waals surface area contributed by atoms with Crippen LogP contribution in [0.5, 0.6) is 0 Å². The van der Waals surface area contributed by atoms with Crippen molar-refractivity contribution in [3.63, 3.8) is 0 Å². The molecule has 0 spiro atoms. The van der Waals surface area contributed by atoms with Gasteiger partial charge in [-0.15, -0.1) is 11.6 Å². The fourth-order valence-electron chi connectivity index (χ4n) is 1.89. The fourth-order valence-corrected chi connectivity index (χ4v) is 2.11. The SMILES string of the molecule is FC(F)(F)COCCCN(CCCl)C1CCC1. The highest BCUT2D eigenvalue weighted by molar-refractivity contribution is 6.18. The Morgan fingerprint density at radius 1 is 1.24 bits per heavy atom. The van der Waals surface area contributed by atoms with Crippen LogP contribution in [0, 0.1) is 0 Å². The zero-order chi connectivity index (χ0) is 12.7. The zero-order valence-corrected chi connectivity index (χ0v) is 10.6. The largest absolute Gasteiger partial charge is 0.411 e. The first-order valence-corrected chi connectivity index (χ1v) is 6.51. The maximum atomic E-state index is 11.8. The van der Waals surface area contributed by atoms with Gasteiger partial charge in [-0.25, -0.2) is 0 Å². The molecule has 0 bridgehead atoms. The van der Waals surface area contributed by atoms with Gasteiger partial charge in [-0.05, 0) is 19.3 Å². The van der Waals surface area contributed by atoms with Crippen molar-refractivity contribution in [1.29, 1.82) is 0 Å². The average molecular weight is 274 g/mol. The van der Waals surface area contributed by atoms with E-state index in [-0.39, 0.29) is 6.61 Å². The third-order valence-electron chi connectivity index (χ3n) is 2.96. The molecule has 1 aliphatic carbocycles. The van der Waals surface area contributed by atoms with Crippen molar-refractivity contribution in [3.05, 3.63) is 0 Å². The van der Waals surface area contributed by atoms with Crippen molar-refractivity contribution < 1.29 is 17.9 Å². The summed E-state index contributed by atoms with van der Waals surface area (Å²) in [5, 5.41) is 0. The lowest BCUT2D eigenvalue weighted by molar-refractivity contribution is -0.174. The molecule has 1 saturated carbocycles. The second-order valence-electron chi connectivity index (χ2n) is 4.33. The molecule has 17 heavy (non-hydrogen) atoms. The molecule has 0 heterocycles. The van der Waals surface area contributed by atoms with E-state index < -0.39 is 12.8 Å². The summed E-state index contributed by atoms with van der Waals surface area (Å²) in [6.45, 7) is 0.595. The summed E-state index contributed by atoms with van der Waals surface area (Å²) in [5.41, 5.74) is 0. The van der Waals surface area contributed by atoms with E-state index in [1.54, 1.807) is 0 Å². The van der Waals surface area contributed by atoms with E-state index in [1.807, 2.05) is 0 Å². The van der Waals surface area contributed by atoms with Crippen molar-refractivity contribution in [2.45, 2.75) is 37.9 Å². The maximum absolute atomic E-state index is 11.8. The first kappa shape index (κ1) is 15.1. The summed E-state index contributed by atoms with van der Waals surface area (Å²) in [6, 6.07) is 0.580. The summed E-state index contributed by atoms with van der Waals surface area (Å²) in [6.07, 6.45) is 0.0158. The number of hydrogen-bond donors (Lipinski definition) is 0.